The zero-order valence-corrected chi connectivity index (χ0v) is 12.3. The van der Waals surface area contributed by atoms with Crippen molar-refractivity contribution < 1.29 is 17.9 Å². The maximum absolute atomic E-state index is 12.1. The van der Waals surface area contributed by atoms with E-state index in [-0.39, 0.29) is 11.8 Å². The molecule has 0 aliphatic carbocycles. The van der Waals surface area contributed by atoms with Crippen molar-refractivity contribution in [3.05, 3.63) is 29.8 Å². The SMILES string of the molecule is CCC(NC(C)c1ccc(OC(F)(F)F)cc1)C(C)C. The Bertz CT molecular complexity index is 401. The molecule has 0 heterocycles. The number of ether oxygens (including phenoxy) is 1. The zero-order valence-electron chi connectivity index (χ0n) is 12.3. The summed E-state index contributed by atoms with van der Waals surface area (Å²) in [4.78, 5) is 0. The molecule has 0 radical (unpaired) electrons. The third-order valence-electron chi connectivity index (χ3n) is 3.32. The maximum atomic E-state index is 12.1. The Morgan fingerprint density at radius 1 is 1.10 bits per heavy atom. The predicted octanol–water partition coefficient (Wildman–Crippen LogP) is 4.67. The van der Waals surface area contributed by atoms with E-state index in [0.717, 1.165) is 12.0 Å². The molecule has 0 aliphatic heterocycles. The normalized spacial score (nSPS) is 15.2. The van der Waals surface area contributed by atoms with E-state index in [2.05, 4.69) is 30.8 Å². The highest BCUT2D eigenvalue weighted by Gasteiger charge is 2.31. The molecule has 0 amide bonds. The molecule has 20 heavy (non-hydrogen) atoms. The van der Waals surface area contributed by atoms with E-state index in [0.29, 0.717) is 12.0 Å². The fraction of sp³-hybridized carbons (Fsp3) is 0.600. The van der Waals surface area contributed by atoms with E-state index in [1.165, 1.54) is 12.1 Å². The Morgan fingerprint density at radius 3 is 2.05 bits per heavy atom. The van der Waals surface area contributed by atoms with Gasteiger partial charge in [0, 0.05) is 12.1 Å². The van der Waals surface area contributed by atoms with Crippen LogP contribution in [0.2, 0.25) is 0 Å². The number of alkyl halides is 3. The average molecular weight is 289 g/mol. The van der Waals surface area contributed by atoms with E-state index in [4.69, 9.17) is 0 Å². The molecule has 0 saturated heterocycles. The second-order valence-corrected chi connectivity index (χ2v) is 5.26. The molecule has 1 rings (SSSR count). The lowest BCUT2D eigenvalue weighted by Gasteiger charge is -2.25. The number of hydrogen-bond donors (Lipinski definition) is 1. The van der Waals surface area contributed by atoms with Crippen molar-refractivity contribution in [1.29, 1.82) is 0 Å². The molecule has 0 bridgehead atoms. The summed E-state index contributed by atoms with van der Waals surface area (Å²) in [7, 11) is 0. The second-order valence-electron chi connectivity index (χ2n) is 5.26. The summed E-state index contributed by atoms with van der Waals surface area (Å²) in [6, 6.07) is 6.48. The summed E-state index contributed by atoms with van der Waals surface area (Å²) < 4.78 is 40.1. The fourth-order valence-electron chi connectivity index (χ4n) is 2.16. The van der Waals surface area contributed by atoms with Gasteiger partial charge in [-0.15, -0.1) is 13.2 Å². The van der Waals surface area contributed by atoms with Gasteiger partial charge in [0.05, 0.1) is 0 Å². The third kappa shape index (κ3) is 5.41. The number of benzene rings is 1. The van der Waals surface area contributed by atoms with Gasteiger partial charge in [-0.1, -0.05) is 32.9 Å². The number of nitrogens with one attached hydrogen (secondary N) is 1. The van der Waals surface area contributed by atoms with E-state index < -0.39 is 6.36 Å². The molecule has 114 valence electrons. The van der Waals surface area contributed by atoms with Crippen molar-refractivity contribution in [3.63, 3.8) is 0 Å². The Kier molecular flexibility index (Phi) is 5.87. The van der Waals surface area contributed by atoms with Crippen molar-refractivity contribution in [2.75, 3.05) is 0 Å². The highest BCUT2D eigenvalue weighted by atomic mass is 19.4. The minimum atomic E-state index is -4.64. The smallest absolute Gasteiger partial charge is 0.406 e. The predicted molar refractivity (Wildman–Crippen MR) is 73.6 cm³/mol. The van der Waals surface area contributed by atoms with Gasteiger partial charge in [-0.3, -0.25) is 0 Å². The first-order chi connectivity index (χ1) is 9.23. The molecule has 2 nitrogen and oxygen atoms in total. The van der Waals surface area contributed by atoms with Crippen LogP contribution in [0.15, 0.2) is 24.3 Å². The maximum Gasteiger partial charge on any atom is 0.573 e. The summed E-state index contributed by atoms with van der Waals surface area (Å²) in [5, 5.41) is 3.49. The van der Waals surface area contributed by atoms with Gasteiger partial charge in [-0.2, -0.15) is 0 Å². The fourth-order valence-corrected chi connectivity index (χ4v) is 2.16. The van der Waals surface area contributed by atoms with Crippen LogP contribution < -0.4 is 10.1 Å². The molecule has 1 aromatic carbocycles. The summed E-state index contributed by atoms with van der Waals surface area (Å²) in [5.74, 6) is 0.319. The third-order valence-corrected chi connectivity index (χ3v) is 3.32. The Morgan fingerprint density at radius 2 is 1.65 bits per heavy atom. The van der Waals surface area contributed by atoms with Crippen LogP contribution in [-0.4, -0.2) is 12.4 Å². The highest BCUT2D eigenvalue weighted by Crippen LogP contribution is 2.24. The highest BCUT2D eigenvalue weighted by molar-refractivity contribution is 5.29. The molecular formula is C15H22F3NO. The Balaban J connectivity index is 2.68. The summed E-state index contributed by atoms with van der Waals surface area (Å²) >= 11 is 0. The van der Waals surface area contributed by atoms with Crippen LogP contribution in [0.3, 0.4) is 0 Å². The van der Waals surface area contributed by atoms with E-state index in [1.807, 2.05) is 6.92 Å². The number of halogens is 3. The Labute approximate surface area is 118 Å². The van der Waals surface area contributed by atoms with Gasteiger partial charge in [0.15, 0.2) is 0 Å². The lowest BCUT2D eigenvalue weighted by molar-refractivity contribution is -0.274. The van der Waals surface area contributed by atoms with Crippen LogP contribution in [0.4, 0.5) is 13.2 Å². The molecule has 1 N–H and O–H groups in total. The molecule has 0 spiro atoms. The topological polar surface area (TPSA) is 21.3 Å². The molecule has 0 aromatic heterocycles. The van der Waals surface area contributed by atoms with Gasteiger partial charge in [-0.05, 0) is 37.0 Å². The molecule has 0 fully saturated rings. The first kappa shape index (κ1) is 16.8. The summed E-state index contributed by atoms with van der Waals surface area (Å²) in [6.45, 7) is 8.41. The van der Waals surface area contributed by atoms with Crippen LogP contribution >= 0.6 is 0 Å². The molecule has 2 atom stereocenters. The quantitative estimate of drug-likeness (QED) is 0.821. The minimum Gasteiger partial charge on any atom is -0.406 e. The number of rotatable bonds is 6. The van der Waals surface area contributed by atoms with Crippen molar-refractivity contribution in [3.8, 4) is 5.75 Å². The number of hydrogen-bond acceptors (Lipinski definition) is 2. The second kappa shape index (κ2) is 6.97. The summed E-state index contributed by atoms with van der Waals surface area (Å²) in [5.41, 5.74) is 0.943. The van der Waals surface area contributed by atoms with Crippen molar-refractivity contribution >= 4 is 0 Å². The van der Waals surface area contributed by atoms with Crippen LogP contribution in [0.1, 0.15) is 45.7 Å². The van der Waals surface area contributed by atoms with Gasteiger partial charge in [0.1, 0.15) is 5.75 Å². The minimum absolute atomic E-state index is 0.0855. The van der Waals surface area contributed by atoms with E-state index >= 15 is 0 Å². The lowest BCUT2D eigenvalue weighted by atomic mass is 9.99. The van der Waals surface area contributed by atoms with Gasteiger partial charge < -0.3 is 10.1 Å². The van der Waals surface area contributed by atoms with E-state index in [9.17, 15) is 13.2 Å². The van der Waals surface area contributed by atoms with Gasteiger partial charge in [-0.25, -0.2) is 0 Å². The molecule has 0 aliphatic rings. The Hall–Kier alpha value is -1.23. The van der Waals surface area contributed by atoms with Gasteiger partial charge >= 0.3 is 6.36 Å². The van der Waals surface area contributed by atoms with Crippen molar-refractivity contribution in [1.82, 2.24) is 5.32 Å². The zero-order chi connectivity index (χ0) is 15.3. The lowest BCUT2D eigenvalue weighted by Crippen LogP contribution is -2.35. The van der Waals surface area contributed by atoms with Gasteiger partial charge in [0.2, 0.25) is 0 Å². The molecule has 1 aromatic rings. The van der Waals surface area contributed by atoms with Crippen LogP contribution in [0, 0.1) is 5.92 Å². The first-order valence-electron chi connectivity index (χ1n) is 6.84. The van der Waals surface area contributed by atoms with Crippen molar-refractivity contribution in [2.24, 2.45) is 5.92 Å². The molecular weight excluding hydrogens is 267 g/mol. The van der Waals surface area contributed by atoms with Gasteiger partial charge in [0.25, 0.3) is 0 Å². The first-order valence-corrected chi connectivity index (χ1v) is 6.84. The van der Waals surface area contributed by atoms with Crippen LogP contribution in [-0.2, 0) is 0 Å². The van der Waals surface area contributed by atoms with Crippen LogP contribution in [0.5, 0.6) is 5.75 Å². The van der Waals surface area contributed by atoms with E-state index in [1.54, 1.807) is 12.1 Å². The van der Waals surface area contributed by atoms with Crippen molar-refractivity contribution in [2.45, 2.75) is 52.6 Å². The monoisotopic (exact) mass is 289 g/mol. The average Bonchev–Trinajstić information content (AvgIpc) is 2.34. The summed E-state index contributed by atoms with van der Waals surface area (Å²) in [6.07, 6.45) is -3.63. The van der Waals surface area contributed by atoms with Crippen LogP contribution in [0.25, 0.3) is 0 Å². The molecule has 2 unspecified atom stereocenters. The molecule has 0 saturated carbocycles. The standard InChI is InChI=1S/C15H22F3NO/c1-5-14(10(2)3)19-11(4)12-6-8-13(9-7-12)20-15(16,17)18/h6-11,14,19H,5H2,1-4H3. The largest absolute Gasteiger partial charge is 0.573 e. The molecule has 5 heteroatoms.